The van der Waals surface area contributed by atoms with E-state index in [0.29, 0.717) is 56.8 Å². The summed E-state index contributed by atoms with van der Waals surface area (Å²) in [5.74, 6) is -1.56. The summed E-state index contributed by atoms with van der Waals surface area (Å²) < 4.78 is 10.3. The molecule has 0 aromatic heterocycles. The quantitative estimate of drug-likeness (QED) is 0.335. The molecule has 4 heterocycles. The molecule has 4 aliphatic heterocycles. The summed E-state index contributed by atoms with van der Waals surface area (Å²) >= 11 is 0. The van der Waals surface area contributed by atoms with Gasteiger partial charge in [-0.15, -0.1) is 0 Å². The van der Waals surface area contributed by atoms with E-state index in [1.807, 2.05) is 32.0 Å². The van der Waals surface area contributed by atoms with E-state index in [4.69, 9.17) is 15.2 Å². The average molecular weight is 794 g/mol. The Morgan fingerprint density at radius 3 is 2.02 bits per heavy atom. The molecule has 0 saturated carbocycles. The number of amides is 7. The SMILES string of the molecule is CC.CC1NC(=O)C2CCCCN2C(=O)C2CCCN2C(=O)CCOC(=O)C2CCCN2C1=O.COc1ccc(NC(=O)NCC(N)=O)cc1.Cc1ccccc1. The zero-order valence-corrected chi connectivity index (χ0v) is 33.8. The summed E-state index contributed by atoms with van der Waals surface area (Å²) in [5.41, 5.74) is 6.80. The van der Waals surface area contributed by atoms with Gasteiger partial charge in [0.1, 0.15) is 36.5 Å². The van der Waals surface area contributed by atoms with E-state index in [1.54, 1.807) is 48.1 Å². The van der Waals surface area contributed by atoms with Crippen molar-refractivity contribution < 1.29 is 43.0 Å². The number of hydrogen-bond acceptors (Lipinski definition) is 9. The molecule has 2 aromatic rings. The van der Waals surface area contributed by atoms with E-state index in [2.05, 4.69) is 35.0 Å². The number of urea groups is 1. The lowest BCUT2D eigenvalue weighted by Crippen LogP contribution is -2.59. The Morgan fingerprint density at radius 2 is 1.40 bits per heavy atom. The number of esters is 1. The van der Waals surface area contributed by atoms with Gasteiger partial charge in [-0.3, -0.25) is 24.0 Å². The molecule has 7 amide bonds. The molecule has 0 bridgehead atoms. The van der Waals surface area contributed by atoms with E-state index in [0.717, 1.165) is 19.3 Å². The van der Waals surface area contributed by atoms with Crippen LogP contribution in [0, 0.1) is 6.92 Å². The Hall–Kier alpha value is -5.67. The van der Waals surface area contributed by atoms with Crippen molar-refractivity contribution in [1.29, 1.82) is 0 Å². The van der Waals surface area contributed by atoms with Gasteiger partial charge in [0.25, 0.3) is 0 Å². The molecule has 4 fully saturated rings. The highest BCUT2D eigenvalue weighted by Gasteiger charge is 2.43. The van der Waals surface area contributed by atoms with Crippen LogP contribution in [-0.2, 0) is 33.5 Å². The molecule has 0 radical (unpaired) electrons. The fourth-order valence-corrected chi connectivity index (χ4v) is 6.91. The van der Waals surface area contributed by atoms with Gasteiger partial charge in [-0.1, -0.05) is 49.7 Å². The van der Waals surface area contributed by atoms with Gasteiger partial charge in [0.05, 0.1) is 20.1 Å². The highest BCUT2D eigenvalue weighted by Crippen LogP contribution is 2.26. The second-order valence-corrected chi connectivity index (χ2v) is 13.8. The lowest BCUT2D eigenvalue weighted by molar-refractivity contribution is -0.156. The molecule has 5 N–H and O–H groups in total. The van der Waals surface area contributed by atoms with Gasteiger partial charge in [0, 0.05) is 25.3 Å². The van der Waals surface area contributed by atoms with E-state index in [-0.39, 0.29) is 43.2 Å². The van der Waals surface area contributed by atoms with Gasteiger partial charge in [-0.25, -0.2) is 9.59 Å². The van der Waals surface area contributed by atoms with Crippen molar-refractivity contribution in [3.8, 4) is 5.75 Å². The highest BCUT2D eigenvalue weighted by atomic mass is 16.5. The first-order valence-corrected chi connectivity index (χ1v) is 19.8. The maximum atomic E-state index is 13.4. The van der Waals surface area contributed by atoms with E-state index in [1.165, 1.54) is 10.5 Å². The number of rotatable bonds is 4. The molecule has 57 heavy (non-hydrogen) atoms. The molecule has 0 aliphatic carbocycles. The van der Waals surface area contributed by atoms with Gasteiger partial charge < -0.3 is 45.9 Å². The Bertz CT molecular complexity index is 1660. The number of benzene rings is 2. The predicted molar refractivity (Wildman–Crippen MR) is 214 cm³/mol. The molecule has 4 aliphatic rings. The first-order chi connectivity index (χ1) is 27.4. The van der Waals surface area contributed by atoms with Crippen molar-refractivity contribution >= 4 is 47.2 Å². The van der Waals surface area contributed by atoms with Crippen LogP contribution in [0.15, 0.2) is 54.6 Å². The van der Waals surface area contributed by atoms with Crippen LogP contribution >= 0.6 is 0 Å². The monoisotopic (exact) mass is 793 g/mol. The molecule has 312 valence electrons. The van der Waals surface area contributed by atoms with Crippen LogP contribution < -0.4 is 26.4 Å². The largest absolute Gasteiger partial charge is 0.497 e. The number of fused-ring (bicyclic) bond motifs is 3. The molecule has 6 rings (SSSR count). The molecule has 4 atom stereocenters. The van der Waals surface area contributed by atoms with Crippen molar-refractivity contribution in [3.63, 3.8) is 0 Å². The third kappa shape index (κ3) is 13.8. The fourth-order valence-electron chi connectivity index (χ4n) is 6.91. The first-order valence-electron chi connectivity index (χ1n) is 19.8. The van der Waals surface area contributed by atoms with Gasteiger partial charge >= 0.3 is 12.0 Å². The lowest BCUT2D eigenvalue weighted by Gasteiger charge is -2.38. The molecule has 2 aromatic carbocycles. The number of nitrogens with zero attached hydrogens (tertiary/aromatic N) is 3. The minimum Gasteiger partial charge on any atom is -0.497 e. The summed E-state index contributed by atoms with van der Waals surface area (Å²) in [6.45, 7) is 8.78. The number of aryl methyl sites for hydroxylation is 1. The number of nitrogens with one attached hydrogen (secondary N) is 3. The van der Waals surface area contributed by atoms with Gasteiger partial charge in [0.2, 0.25) is 29.5 Å². The number of primary amides is 1. The summed E-state index contributed by atoms with van der Waals surface area (Å²) in [6.07, 6.45) is 4.59. The smallest absolute Gasteiger partial charge is 0.328 e. The van der Waals surface area contributed by atoms with Crippen molar-refractivity contribution in [2.24, 2.45) is 5.73 Å². The minimum atomic E-state index is -0.813. The van der Waals surface area contributed by atoms with Crippen molar-refractivity contribution in [1.82, 2.24) is 25.3 Å². The van der Waals surface area contributed by atoms with Gasteiger partial charge in [-0.05, 0) is 83.1 Å². The second-order valence-electron chi connectivity index (χ2n) is 13.8. The van der Waals surface area contributed by atoms with Crippen LogP contribution in [0.2, 0.25) is 0 Å². The average Bonchev–Trinajstić information content (AvgIpc) is 3.92. The summed E-state index contributed by atoms with van der Waals surface area (Å²) in [4.78, 5) is 91.1. The topological polar surface area (TPSA) is 210 Å². The number of anilines is 1. The van der Waals surface area contributed by atoms with Crippen molar-refractivity contribution in [2.75, 3.05) is 45.2 Å². The summed E-state index contributed by atoms with van der Waals surface area (Å²) in [7, 11) is 1.56. The molecule has 16 heteroatoms. The van der Waals surface area contributed by atoms with Crippen LogP contribution in [0.4, 0.5) is 10.5 Å². The summed E-state index contributed by atoms with van der Waals surface area (Å²) in [6, 6.07) is 13.8. The third-order valence-electron chi connectivity index (χ3n) is 9.76. The Kier molecular flexibility index (Phi) is 18.8. The second kappa shape index (κ2) is 23.4. The normalized spacial score (nSPS) is 22.3. The van der Waals surface area contributed by atoms with Gasteiger partial charge in [0.15, 0.2) is 0 Å². The maximum absolute atomic E-state index is 13.4. The molecule has 4 saturated heterocycles. The standard InChI is InChI=1S/C22H32N4O6.C10H13N3O3.C7H8.C2H6/c1-14-20(29)26-12-5-8-17(26)22(31)32-13-9-18(27)24-11-4-7-16(24)21(30)25-10-3-2-6-15(25)19(28)23-14;1-16-8-4-2-7(3-5-8)13-10(15)12-6-9(11)14;1-7-5-3-2-4-6-7;1-2/h14-17H,2-13H2,1H3,(H,23,28);2-5H,6H2,1H3,(H2,11,14)(H2,12,13,15);2-6H,1H3;1-2H3. The van der Waals surface area contributed by atoms with E-state index < -0.39 is 42.1 Å². The number of carbonyl (C=O) groups is 7. The van der Waals surface area contributed by atoms with E-state index >= 15 is 0 Å². The van der Waals surface area contributed by atoms with Crippen molar-refractivity contribution in [3.05, 3.63) is 60.2 Å². The Labute approximate surface area is 335 Å². The number of piperidine rings is 1. The van der Waals surface area contributed by atoms with Crippen molar-refractivity contribution in [2.45, 2.75) is 103 Å². The Balaban J connectivity index is 0.000000287. The zero-order valence-electron chi connectivity index (χ0n) is 33.8. The number of methoxy groups -OCH3 is 1. The van der Waals surface area contributed by atoms with E-state index in [9.17, 15) is 33.6 Å². The van der Waals surface area contributed by atoms with Crippen LogP contribution in [0.3, 0.4) is 0 Å². The molecular weight excluding hydrogens is 734 g/mol. The number of cyclic esters (lactones) is 1. The minimum absolute atomic E-state index is 0.00347. The predicted octanol–water partition coefficient (Wildman–Crippen LogP) is 3.12. The lowest BCUT2D eigenvalue weighted by atomic mass is 9.99. The molecular formula is C41H59N7O9. The zero-order chi connectivity index (χ0) is 41.9. The van der Waals surface area contributed by atoms with Gasteiger partial charge in [-0.2, -0.15) is 0 Å². The molecule has 16 nitrogen and oxygen atoms in total. The summed E-state index contributed by atoms with van der Waals surface area (Å²) in [5, 5.41) is 7.61. The third-order valence-corrected chi connectivity index (χ3v) is 9.76. The highest BCUT2D eigenvalue weighted by molar-refractivity contribution is 5.96. The first kappa shape index (κ1) is 45.7. The van der Waals surface area contributed by atoms with Crippen LogP contribution in [-0.4, -0.2) is 120 Å². The maximum Gasteiger partial charge on any atom is 0.328 e. The number of hydrogen-bond donors (Lipinski definition) is 4. The Morgan fingerprint density at radius 1 is 0.807 bits per heavy atom. The van der Waals surface area contributed by atoms with Crippen LogP contribution in [0.25, 0.3) is 0 Å². The molecule has 4 unspecified atom stereocenters. The molecule has 0 spiro atoms. The fraction of sp³-hybridized carbons (Fsp3) is 0.537. The van der Waals surface area contributed by atoms with Crippen LogP contribution in [0.5, 0.6) is 5.75 Å². The number of ether oxygens (including phenoxy) is 2. The van der Waals surface area contributed by atoms with Crippen LogP contribution in [0.1, 0.15) is 77.7 Å². The number of nitrogens with two attached hydrogens (primary N) is 1. The number of carbonyl (C=O) groups excluding carboxylic acids is 7.